The van der Waals surface area contributed by atoms with E-state index in [0.29, 0.717) is 29.6 Å². The van der Waals surface area contributed by atoms with Crippen LogP contribution >= 0.6 is 0 Å². The number of rotatable bonds is 5. The second kappa shape index (κ2) is 6.18. The Morgan fingerprint density at radius 1 is 1.35 bits per heavy atom. The van der Waals surface area contributed by atoms with Gasteiger partial charge in [0, 0.05) is 19.0 Å². The number of nitrogens with zero attached hydrogens (tertiary/aromatic N) is 2. The SMILES string of the molecule is CCNC(=O)c1ccc(O[C@@H](C)c2nnc(C)o2)cc1. The van der Waals surface area contributed by atoms with Crippen LogP contribution in [0, 0.1) is 6.92 Å². The van der Waals surface area contributed by atoms with Crippen LogP contribution in [0.2, 0.25) is 0 Å². The molecule has 1 aromatic heterocycles. The van der Waals surface area contributed by atoms with Crippen molar-refractivity contribution in [1.82, 2.24) is 15.5 Å². The molecule has 0 spiro atoms. The van der Waals surface area contributed by atoms with Gasteiger partial charge in [0.05, 0.1) is 0 Å². The van der Waals surface area contributed by atoms with Crippen molar-refractivity contribution in [3.05, 3.63) is 41.6 Å². The zero-order valence-electron chi connectivity index (χ0n) is 11.7. The summed E-state index contributed by atoms with van der Waals surface area (Å²) in [6, 6.07) is 6.91. The fraction of sp³-hybridized carbons (Fsp3) is 0.357. The highest BCUT2D eigenvalue weighted by Crippen LogP contribution is 2.21. The summed E-state index contributed by atoms with van der Waals surface area (Å²) in [5.41, 5.74) is 0.598. The number of aryl methyl sites for hydroxylation is 1. The van der Waals surface area contributed by atoms with Crippen molar-refractivity contribution in [3.63, 3.8) is 0 Å². The average Bonchev–Trinajstić information content (AvgIpc) is 2.86. The molecule has 0 radical (unpaired) electrons. The van der Waals surface area contributed by atoms with Crippen LogP contribution in [-0.2, 0) is 0 Å². The summed E-state index contributed by atoms with van der Waals surface area (Å²) in [6.07, 6.45) is -0.341. The van der Waals surface area contributed by atoms with Gasteiger partial charge in [0.2, 0.25) is 5.89 Å². The Labute approximate surface area is 117 Å². The Hall–Kier alpha value is -2.37. The lowest BCUT2D eigenvalue weighted by Crippen LogP contribution is -2.22. The van der Waals surface area contributed by atoms with Crippen LogP contribution in [0.25, 0.3) is 0 Å². The van der Waals surface area contributed by atoms with Crippen molar-refractivity contribution in [2.24, 2.45) is 0 Å². The van der Waals surface area contributed by atoms with Gasteiger partial charge in [-0.2, -0.15) is 0 Å². The number of carbonyl (C=O) groups is 1. The Bertz CT molecular complexity index is 578. The van der Waals surface area contributed by atoms with E-state index in [4.69, 9.17) is 9.15 Å². The monoisotopic (exact) mass is 275 g/mol. The van der Waals surface area contributed by atoms with E-state index in [9.17, 15) is 4.79 Å². The molecule has 2 rings (SSSR count). The van der Waals surface area contributed by atoms with Gasteiger partial charge in [0.15, 0.2) is 6.10 Å². The molecule has 1 aromatic carbocycles. The fourth-order valence-electron chi connectivity index (χ4n) is 1.68. The van der Waals surface area contributed by atoms with Gasteiger partial charge in [-0.05, 0) is 38.1 Å². The van der Waals surface area contributed by atoms with Crippen LogP contribution in [0.1, 0.15) is 42.1 Å². The van der Waals surface area contributed by atoms with E-state index in [1.165, 1.54) is 0 Å². The third-order valence-electron chi connectivity index (χ3n) is 2.66. The average molecular weight is 275 g/mol. The first-order valence-corrected chi connectivity index (χ1v) is 6.45. The van der Waals surface area contributed by atoms with Crippen LogP contribution in [0.3, 0.4) is 0 Å². The topological polar surface area (TPSA) is 77.2 Å². The third kappa shape index (κ3) is 3.34. The normalized spacial score (nSPS) is 11.9. The highest BCUT2D eigenvalue weighted by molar-refractivity contribution is 5.94. The standard InChI is InChI=1S/C14H17N3O3/c1-4-15-13(18)11-5-7-12(8-6-11)19-9(2)14-17-16-10(3)20-14/h5-9H,4H2,1-3H3,(H,15,18)/t9-/m0/s1. The Morgan fingerprint density at radius 3 is 2.60 bits per heavy atom. The van der Waals surface area contributed by atoms with Crippen LogP contribution in [-0.4, -0.2) is 22.6 Å². The van der Waals surface area contributed by atoms with Crippen LogP contribution < -0.4 is 10.1 Å². The molecule has 0 saturated carbocycles. The summed E-state index contributed by atoms with van der Waals surface area (Å²) < 4.78 is 11.0. The number of ether oxygens (including phenoxy) is 1. The van der Waals surface area contributed by atoms with Crippen LogP contribution in [0.5, 0.6) is 5.75 Å². The molecule has 0 unspecified atom stereocenters. The molecule has 1 heterocycles. The molecule has 1 atom stereocenters. The molecule has 0 saturated heterocycles. The Balaban J connectivity index is 2.01. The van der Waals surface area contributed by atoms with Gasteiger partial charge in [-0.1, -0.05) is 0 Å². The number of hydrogen-bond donors (Lipinski definition) is 1. The van der Waals surface area contributed by atoms with Crippen LogP contribution in [0.15, 0.2) is 28.7 Å². The van der Waals surface area contributed by atoms with E-state index in [2.05, 4.69) is 15.5 Å². The molecule has 0 aliphatic rings. The van der Waals surface area contributed by atoms with E-state index in [-0.39, 0.29) is 12.0 Å². The minimum atomic E-state index is -0.341. The quantitative estimate of drug-likeness (QED) is 0.905. The molecule has 0 aliphatic carbocycles. The summed E-state index contributed by atoms with van der Waals surface area (Å²) in [4.78, 5) is 11.6. The number of nitrogens with one attached hydrogen (secondary N) is 1. The molecule has 1 amide bonds. The van der Waals surface area contributed by atoms with Crippen molar-refractivity contribution < 1.29 is 13.9 Å². The molecule has 1 N–H and O–H groups in total. The van der Waals surface area contributed by atoms with Gasteiger partial charge in [-0.15, -0.1) is 10.2 Å². The van der Waals surface area contributed by atoms with E-state index in [0.717, 1.165) is 0 Å². The number of aromatic nitrogens is 2. The minimum Gasteiger partial charge on any atom is -0.481 e. The summed E-state index contributed by atoms with van der Waals surface area (Å²) in [6.45, 7) is 6.03. The predicted octanol–water partition coefficient (Wildman–Crippen LogP) is 2.27. The van der Waals surface area contributed by atoms with Crippen molar-refractivity contribution >= 4 is 5.91 Å². The van der Waals surface area contributed by atoms with Gasteiger partial charge < -0.3 is 14.5 Å². The fourth-order valence-corrected chi connectivity index (χ4v) is 1.68. The molecule has 2 aromatic rings. The lowest BCUT2D eigenvalue weighted by Gasteiger charge is -2.11. The minimum absolute atomic E-state index is 0.0976. The Kier molecular flexibility index (Phi) is 4.34. The first kappa shape index (κ1) is 14.0. The van der Waals surface area contributed by atoms with Crippen molar-refractivity contribution in [2.75, 3.05) is 6.54 Å². The molecule has 106 valence electrons. The molecule has 0 bridgehead atoms. The van der Waals surface area contributed by atoms with Gasteiger partial charge in [0.25, 0.3) is 11.8 Å². The maximum absolute atomic E-state index is 11.6. The Morgan fingerprint density at radius 2 is 2.05 bits per heavy atom. The molecule has 6 heteroatoms. The van der Waals surface area contributed by atoms with E-state index < -0.39 is 0 Å². The lowest BCUT2D eigenvalue weighted by atomic mass is 10.2. The molecular weight excluding hydrogens is 258 g/mol. The van der Waals surface area contributed by atoms with Gasteiger partial charge in [0.1, 0.15) is 5.75 Å². The highest BCUT2D eigenvalue weighted by Gasteiger charge is 2.14. The number of carbonyl (C=O) groups excluding carboxylic acids is 1. The molecule has 0 fully saturated rings. The molecule has 6 nitrogen and oxygen atoms in total. The molecule has 0 aliphatic heterocycles. The van der Waals surface area contributed by atoms with E-state index >= 15 is 0 Å². The number of amides is 1. The number of benzene rings is 1. The third-order valence-corrected chi connectivity index (χ3v) is 2.66. The second-order valence-electron chi connectivity index (χ2n) is 4.30. The van der Waals surface area contributed by atoms with E-state index in [1.54, 1.807) is 31.2 Å². The van der Waals surface area contributed by atoms with Gasteiger partial charge in [-0.3, -0.25) is 4.79 Å². The maximum atomic E-state index is 11.6. The number of hydrogen-bond acceptors (Lipinski definition) is 5. The van der Waals surface area contributed by atoms with Crippen molar-refractivity contribution in [2.45, 2.75) is 26.9 Å². The summed E-state index contributed by atoms with van der Waals surface area (Å²) in [5, 5.41) is 10.4. The van der Waals surface area contributed by atoms with Crippen molar-refractivity contribution in [1.29, 1.82) is 0 Å². The van der Waals surface area contributed by atoms with Crippen LogP contribution in [0.4, 0.5) is 0 Å². The maximum Gasteiger partial charge on any atom is 0.256 e. The molecule has 20 heavy (non-hydrogen) atoms. The first-order valence-electron chi connectivity index (χ1n) is 6.45. The summed E-state index contributed by atoms with van der Waals surface area (Å²) in [7, 11) is 0. The second-order valence-corrected chi connectivity index (χ2v) is 4.30. The molecular formula is C14H17N3O3. The van der Waals surface area contributed by atoms with Gasteiger partial charge >= 0.3 is 0 Å². The van der Waals surface area contributed by atoms with Gasteiger partial charge in [-0.25, -0.2) is 0 Å². The lowest BCUT2D eigenvalue weighted by molar-refractivity contribution is 0.0955. The highest BCUT2D eigenvalue weighted by atomic mass is 16.5. The summed E-state index contributed by atoms with van der Waals surface area (Å²) >= 11 is 0. The predicted molar refractivity (Wildman–Crippen MR) is 72.5 cm³/mol. The zero-order valence-corrected chi connectivity index (χ0v) is 11.7. The largest absolute Gasteiger partial charge is 0.481 e. The van der Waals surface area contributed by atoms with Crippen molar-refractivity contribution in [3.8, 4) is 5.75 Å². The first-order chi connectivity index (χ1) is 9.60. The van der Waals surface area contributed by atoms with E-state index in [1.807, 2.05) is 13.8 Å². The summed E-state index contributed by atoms with van der Waals surface area (Å²) in [5.74, 6) is 1.47. The smallest absolute Gasteiger partial charge is 0.256 e. The zero-order chi connectivity index (χ0) is 14.5.